The topological polar surface area (TPSA) is 51.7 Å². The van der Waals surface area contributed by atoms with E-state index in [0.717, 1.165) is 0 Å². The van der Waals surface area contributed by atoms with Crippen molar-refractivity contribution in [2.45, 2.75) is 0 Å². The van der Waals surface area contributed by atoms with Crippen molar-refractivity contribution in [2.24, 2.45) is 0 Å². The molecule has 0 saturated carbocycles. The van der Waals surface area contributed by atoms with Crippen LogP contribution in [0.5, 0.6) is 0 Å². The predicted octanol–water partition coefficient (Wildman–Crippen LogP) is -0.695. The van der Waals surface area contributed by atoms with Gasteiger partial charge in [-0.2, -0.15) is 0 Å². The smallest absolute Gasteiger partial charge is 0.0579 e. The molecule has 0 unspecified atom stereocenters. The normalized spacial score (nSPS) is 1.50. The first-order chi connectivity index (χ1) is 1.00. The third-order valence-electron chi connectivity index (χ3n) is 0. The maximum atomic E-state index is 6.47. The molecule has 4 heteroatoms. The van der Waals surface area contributed by atoms with Gasteiger partial charge in [-0.1, -0.05) is 0 Å². The number of hydrogen-bond donors (Lipinski definition) is 1. The van der Waals surface area contributed by atoms with Crippen LogP contribution in [0.15, 0.2) is 0 Å². The van der Waals surface area contributed by atoms with E-state index in [4.69, 9.17) is 4.66 Å². The molecule has 0 rings (SSSR count). The summed E-state index contributed by atoms with van der Waals surface area (Å²) >= 11 is 3.64. The second-order valence-corrected chi connectivity index (χ2v) is 0. The molecule has 4 heavy (non-hydrogen) atoms. The van der Waals surface area contributed by atoms with Crippen LogP contribution < -0.4 is 0 Å². The molecule has 0 aromatic carbocycles. The van der Waals surface area contributed by atoms with Gasteiger partial charge in [0.05, 0.1) is 11.9 Å². The molecule has 3 N–H and O–H groups in total. The molecule has 0 atom stereocenters. The van der Waals surface area contributed by atoms with Crippen LogP contribution in [0, 0.1) is 0 Å². The summed E-state index contributed by atoms with van der Waals surface area (Å²) in [6.45, 7) is 0. The van der Waals surface area contributed by atoms with Crippen molar-refractivity contribution in [2.75, 3.05) is 0 Å². The van der Waals surface area contributed by atoms with E-state index >= 15 is 0 Å². The summed E-state index contributed by atoms with van der Waals surface area (Å²) in [6.07, 6.45) is 0. The molecule has 0 aliphatic heterocycles. The Balaban J connectivity index is -0.00000000500. The Morgan fingerprint density at radius 2 is 1.25 bits per heavy atom. The Bertz CT molecular complexity index is 6.00. The van der Waals surface area contributed by atoms with Gasteiger partial charge in [0.1, 0.15) is 0 Å². The quantitative estimate of drug-likeness (QED) is 0.567. The van der Waals surface area contributed by atoms with Crippen molar-refractivity contribution >= 4 is 11.9 Å². The summed E-state index contributed by atoms with van der Waals surface area (Å²) in [5.41, 5.74) is 0. The van der Waals surface area contributed by atoms with E-state index in [1.165, 1.54) is 0 Å². The Hall–Kier alpha value is 1.08. The molecule has 0 aromatic heterocycles. The molecule has 0 spiro atoms. The molecule has 26 valence electrons. The number of halogens is 1. The van der Waals surface area contributed by atoms with Gasteiger partial charge in [0.15, 0.2) is 0 Å². The van der Waals surface area contributed by atoms with Crippen molar-refractivity contribution in [3.05, 3.63) is 0 Å². The molecule has 0 heterocycles. The average Bonchev–Trinajstić information content (AvgIpc) is 1.00. The Morgan fingerprint density at radius 3 is 1.25 bits per heavy atom. The van der Waals surface area contributed by atoms with Gasteiger partial charge < -0.3 is 5.48 Å². The first-order valence-corrected chi connectivity index (χ1v) is 0.507. The minimum absolute atomic E-state index is 0. The van der Waals surface area contributed by atoms with Gasteiger partial charge in [-0.3, -0.25) is 4.66 Å². The van der Waals surface area contributed by atoms with Crippen LogP contribution in [0.3, 0.4) is 0 Å². The zero-order chi connectivity index (χ0) is 2.00. The molecule has 0 saturated heterocycles. The molecule has 0 aliphatic carbocycles. The zero-order valence-corrected chi connectivity index (χ0v) is 6.17. The van der Waals surface area contributed by atoms with Crippen LogP contribution in [0.4, 0.5) is 0 Å². The SMILES string of the molecule is O.OCl.[Hf]. The fourth-order valence-corrected chi connectivity index (χ4v) is 0. The van der Waals surface area contributed by atoms with Gasteiger partial charge in [0.25, 0.3) is 0 Å². The van der Waals surface area contributed by atoms with Gasteiger partial charge in [-0.05, 0) is 0 Å². The van der Waals surface area contributed by atoms with Crippen LogP contribution in [0.25, 0.3) is 0 Å². The number of hydrogen-bond acceptors (Lipinski definition) is 1. The van der Waals surface area contributed by atoms with Crippen LogP contribution in [-0.4, -0.2) is 10.1 Å². The summed E-state index contributed by atoms with van der Waals surface area (Å²) in [7, 11) is 0. The summed E-state index contributed by atoms with van der Waals surface area (Å²) in [5, 5.41) is 0. The van der Waals surface area contributed by atoms with E-state index in [2.05, 4.69) is 11.9 Å². The molecule has 0 radical (unpaired) electrons. The predicted molar refractivity (Wildman–Crippen MR) is 11.7 cm³/mol. The fraction of sp³-hybridized carbons (Fsp3) is 0. The minimum atomic E-state index is 0. The Labute approximate surface area is 48.0 Å². The maximum Gasteiger partial charge on any atom is 0.0579 e. The van der Waals surface area contributed by atoms with E-state index < -0.39 is 0 Å². The van der Waals surface area contributed by atoms with E-state index in [-0.39, 0.29) is 31.3 Å². The fourth-order valence-electron chi connectivity index (χ4n) is 0. The summed E-state index contributed by atoms with van der Waals surface area (Å²) < 4.78 is 6.47. The van der Waals surface area contributed by atoms with Crippen molar-refractivity contribution in [3.63, 3.8) is 0 Å². The Kier molecular flexibility index (Phi) is 162. The van der Waals surface area contributed by atoms with Gasteiger partial charge >= 0.3 is 0 Å². The van der Waals surface area contributed by atoms with Crippen LogP contribution in [0.1, 0.15) is 0 Å². The summed E-state index contributed by atoms with van der Waals surface area (Å²) in [5.74, 6) is 0. The second kappa shape index (κ2) is 33.2. The second-order valence-electron chi connectivity index (χ2n) is 0. The standard InChI is InChI=1S/ClHO.Hf.H2O/c1-2;;/h2H;;1H2. The van der Waals surface area contributed by atoms with Crippen molar-refractivity contribution in [1.82, 2.24) is 0 Å². The van der Waals surface area contributed by atoms with Crippen molar-refractivity contribution in [1.29, 1.82) is 0 Å². The maximum absolute atomic E-state index is 6.47. The molecule has 0 bridgehead atoms. The van der Waals surface area contributed by atoms with Crippen molar-refractivity contribution < 1.29 is 36.0 Å². The van der Waals surface area contributed by atoms with Gasteiger partial charge in [0, 0.05) is 25.8 Å². The monoisotopic (exact) mass is 250 g/mol. The Morgan fingerprint density at radius 1 is 1.25 bits per heavy atom. The van der Waals surface area contributed by atoms with E-state index in [9.17, 15) is 0 Å². The molecular weight excluding hydrogens is 246 g/mol. The summed E-state index contributed by atoms with van der Waals surface area (Å²) in [6, 6.07) is 0. The van der Waals surface area contributed by atoms with Gasteiger partial charge in [-0.25, -0.2) is 0 Å². The minimum Gasteiger partial charge on any atom is -0.412 e. The third-order valence-corrected chi connectivity index (χ3v) is 0. The van der Waals surface area contributed by atoms with E-state index in [0.29, 0.717) is 0 Å². The van der Waals surface area contributed by atoms with Crippen LogP contribution >= 0.6 is 11.9 Å². The number of rotatable bonds is 0. The first kappa shape index (κ1) is 19.5. The summed E-state index contributed by atoms with van der Waals surface area (Å²) in [4.78, 5) is 0. The zero-order valence-electron chi connectivity index (χ0n) is 1.83. The van der Waals surface area contributed by atoms with Crippen molar-refractivity contribution in [3.8, 4) is 0 Å². The van der Waals surface area contributed by atoms with Crippen LogP contribution in [-0.2, 0) is 25.8 Å². The molecule has 0 amide bonds. The molecule has 2 nitrogen and oxygen atoms in total. The van der Waals surface area contributed by atoms with E-state index in [1.54, 1.807) is 0 Å². The third kappa shape index (κ3) is 11.4. The largest absolute Gasteiger partial charge is 0.412 e. The first-order valence-electron chi connectivity index (χ1n) is 0.169. The molecule has 0 fully saturated rings. The molecular formula is H3ClHfO2. The molecule has 0 aliphatic rings. The van der Waals surface area contributed by atoms with Crippen LogP contribution in [0.2, 0.25) is 0 Å². The van der Waals surface area contributed by atoms with E-state index in [1.807, 2.05) is 0 Å². The average molecular weight is 249 g/mol. The van der Waals surface area contributed by atoms with Gasteiger partial charge in [0.2, 0.25) is 0 Å². The van der Waals surface area contributed by atoms with Gasteiger partial charge in [-0.15, -0.1) is 0 Å². The molecule has 0 aromatic rings.